The lowest BCUT2D eigenvalue weighted by Gasteiger charge is -2.12. The summed E-state index contributed by atoms with van der Waals surface area (Å²) >= 11 is 0. The lowest BCUT2D eigenvalue weighted by atomic mass is 10.1. The average Bonchev–Trinajstić information content (AvgIpc) is 3.39. The van der Waals surface area contributed by atoms with Crippen molar-refractivity contribution < 1.29 is 0 Å². The molecule has 0 saturated heterocycles. The third-order valence-corrected chi connectivity index (χ3v) is 4.81. The number of nitrogens with one attached hydrogen (secondary N) is 1. The van der Waals surface area contributed by atoms with Gasteiger partial charge in [-0.15, -0.1) is 0 Å². The van der Waals surface area contributed by atoms with E-state index >= 15 is 0 Å². The molecule has 0 aliphatic rings. The summed E-state index contributed by atoms with van der Waals surface area (Å²) in [6.45, 7) is 1.77. The maximum absolute atomic E-state index is 4.81. The number of hydrogen-bond acceptors (Lipinski definition) is 4. The maximum Gasteiger partial charge on any atom is 0.237 e. The predicted molar refractivity (Wildman–Crippen MR) is 111 cm³/mol. The Kier molecular flexibility index (Phi) is 4.21. The topological polar surface area (TPSA) is 60.0 Å². The van der Waals surface area contributed by atoms with E-state index in [0.717, 1.165) is 47.6 Å². The van der Waals surface area contributed by atoms with Crippen LogP contribution in [0.2, 0.25) is 0 Å². The molecule has 138 valence electrons. The highest BCUT2D eigenvalue weighted by Gasteiger charge is 2.12. The smallest absolute Gasteiger partial charge is 0.237 e. The Morgan fingerprint density at radius 3 is 2.64 bits per heavy atom. The molecule has 0 radical (unpaired) electrons. The lowest BCUT2D eigenvalue weighted by molar-refractivity contribution is 0.660. The van der Waals surface area contributed by atoms with Gasteiger partial charge in [0.15, 0.2) is 0 Å². The number of aromatic nitrogens is 5. The van der Waals surface area contributed by atoms with Crippen molar-refractivity contribution in [1.29, 1.82) is 0 Å². The summed E-state index contributed by atoms with van der Waals surface area (Å²) in [4.78, 5) is 13.6. The third-order valence-electron chi connectivity index (χ3n) is 4.81. The van der Waals surface area contributed by atoms with Crippen molar-refractivity contribution in [2.45, 2.75) is 13.0 Å². The fourth-order valence-electron chi connectivity index (χ4n) is 3.44. The van der Waals surface area contributed by atoms with Crippen molar-refractivity contribution >= 4 is 22.6 Å². The Labute approximate surface area is 162 Å². The SMILES string of the molecule is c1ccc(-c2cc(NCCCn3ccnc3)n3c(n2)nc2ccccc23)cc1. The molecule has 5 aromatic rings. The van der Waals surface area contributed by atoms with Gasteiger partial charge >= 0.3 is 0 Å². The number of imidazole rings is 2. The highest BCUT2D eigenvalue weighted by molar-refractivity contribution is 5.82. The minimum Gasteiger partial charge on any atom is -0.371 e. The van der Waals surface area contributed by atoms with Crippen LogP contribution >= 0.6 is 0 Å². The van der Waals surface area contributed by atoms with E-state index < -0.39 is 0 Å². The van der Waals surface area contributed by atoms with Crippen LogP contribution in [-0.2, 0) is 6.54 Å². The van der Waals surface area contributed by atoms with Crippen LogP contribution in [-0.4, -0.2) is 30.5 Å². The van der Waals surface area contributed by atoms with Gasteiger partial charge in [-0.3, -0.25) is 4.40 Å². The second-order valence-electron chi connectivity index (χ2n) is 6.71. The van der Waals surface area contributed by atoms with E-state index in [1.807, 2.05) is 55.1 Å². The van der Waals surface area contributed by atoms with Crippen LogP contribution in [0.1, 0.15) is 6.42 Å². The summed E-state index contributed by atoms with van der Waals surface area (Å²) < 4.78 is 4.19. The van der Waals surface area contributed by atoms with Crippen LogP contribution in [0.5, 0.6) is 0 Å². The summed E-state index contributed by atoms with van der Waals surface area (Å²) in [7, 11) is 0. The largest absolute Gasteiger partial charge is 0.371 e. The number of para-hydroxylation sites is 2. The first-order chi connectivity index (χ1) is 13.9. The van der Waals surface area contributed by atoms with Gasteiger partial charge in [0.1, 0.15) is 5.82 Å². The van der Waals surface area contributed by atoms with Crippen LogP contribution in [0, 0.1) is 0 Å². The fourth-order valence-corrected chi connectivity index (χ4v) is 3.44. The van der Waals surface area contributed by atoms with Gasteiger partial charge in [-0.1, -0.05) is 42.5 Å². The summed E-state index contributed by atoms with van der Waals surface area (Å²) in [5.74, 6) is 1.71. The van der Waals surface area contributed by atoms with E-state index in [2.05, 4.69) is 43.5 Å². The molecular weight excluding hydrogens is 348 g/mol. The molecule has 0 amide bonds. The number of hydrogen-bond donors (Lipinski definition) is 1. The molecule has 3 heterocycles. The van der Waals surface area contributed by atoms with Gasteiger partial charge in [0.25, 0.3) is 0 Å². The highest BCUT2D eigenvalue weighted by Crippen LogP contribution is 2.26. The van der Waals surface area contributed by atoms with Gasteiger partial charge in [-0.05, 0) is 18.6 Å². The minimum atomic E-state index is 0.708. The molecule has 1 N–H and O–H groups in total. The van der Waals surface area contributed by atoms with Gasteiger partial charge in [-0.2, -0.15) is 0 Å². The van der Waals surface area contributed by atoms with Crippen LogP contribution in [0.4, 0.5) is 5.82 Å². The lowest BCUT2D eigenvalue weighted by Crippen LogP contribution is -2.09. The molecule has 6 nitrogen and oxygen atoms in total. The predicted octanol–water partition coefficient (Wildman–Crippen LogP) is 4.25. The summed E-state index contributed by atoms with van der Waals surface area (Å²) in [6, 6.07) is 20.5. The number of fused-ring (bicyclic) bond motifs is 3. The number of aryl methyl sites for hydroxylation is 1. The van der Waals surface area contributed by atoms with Crippen molar-refractivity contribution in [1.82, 2.24) is 23.9 Å². The summed E-state index contributed by atoms with van der Waals surface area (Å²) in [5, 5.41) is 3.59. The fraction of sp³-hybridized carbons (Fsp3) is 0.136. The zero-order valence-corrected chi connectivity index (χ0v) is 15.4. The molecule has 0 saturated carbocycles. The van der Waals surface area contributed by atoms with E-state index in [4.69, 9.17) is 9.97 Å². The molecule has 0 atom stereocenters. The molecule has 0 aliphatic heterocycles. The number of benzene rings is 2. The van der Waals surface area contributed by atoms with Gasteiger partial charge < -0.3 is 9.88 Å². The van der Waals surface area contributed by atoms with E-state index in [-0.39, 0.29) is 0 Å². The van der Waals surface area contributed by atoms with Gasteiger partial charge in [0.2, 0.25) is 5.78 Å². The highest BCUT2D eigenvalue weighted by atomic mass is 15.2. The quantitative estimate of drug-likeness (QED) is 0.455. The molecule has 6 heteroatoms. The number of anilines is 1. The Balaban J connectivity index is 1.52. The second-order valence-corrected chi connectivity index (χ2v) is 6.71. The molecule has 0 spiro atoms. The van der Waals surface area contributed by atoms with Crippen LogP contribution < -0.4 is 5.32 Å². The monoisotopic (exact) mass is 368 g/mol. The second kappa shape index (κ2) is 7.15. The molecule has 0 fully saturated rings. The Hall–Kier alpha value is -3.67. The number of rotatable bonds is 6. The number of nitrogens with zero attached hydrogens (tertiary/aromatic N) is 5. The van der Waals surface area contributed by atoms with Crippen molar-refractivity contribution in [2.24, 2.45) is 0 Å². The van der Waals surface area contributed by atoms with Crippen molar-refractivity contribution in [3.8, 4) is 11.3 Å². The van der Waals surface area contributed by atoms with E-state index in [0.29, 0.717) is 5.78 Å². The van der Waals surface area contributed by atoms with Crippen LogP contribution in [0.3, 0.4) is 0 Å². The van der Waals surface area contributed by atoms with Crippen molar-refractivity contribution in [3.63, 3.8) is 0 Å². The normalized spacial score (nSPS) is 11.3. The molecule has 0 aliphatic carbocycles. The van der Waals surface area contributed by atoms with E-state index in [1.165, 1.54) is 0 Å². The first-order valence-electron chi connectivity index (χ1n) is 9.42. The molecular formula is C22H20N6. The molecule has 3 aromatic heterocycles. The molecule has 5 rings (SSSR count). The van der Waals surface area contributed by atoms with Crippen LogP contribution in [0.15, 0.2) is 79.4 Å². The minimum absolute atomic E-state index is 0.708. The van der Waals surface area contributed by atoms with Gasteiger partial charge in [0.05, 0.1) is 23.1 Å². The molecule has 0 unspecified atom stereocenters. The average molecular weight is 368 g/mol. The zero-order valence-electron chi connectivity index (χ0n) is 15.4. The Morgan fingerprint density at radius 1 is 0.929 bits per heavy atom. The third kappa shape index (κ3) is 3.09. The van der Waals surface area contributed by atoms with Gasteiger partial charge in [-0.25, -0.2) is 15.0 Å². The first-order valence-corrected chi connectivity index (χ1v) is 9.42. The standard InChI is InChI=1S/C22H20N6/c1-2-7-17(8-3-1)19-15-21(24-11-6-13-27-14-12-23-16-27)28-20-10-5-4-9-18(20)25-22(28)26-19/h1-5,7-10,12,14-16,24H,6,11,13H2. The Bertz CT molecular complexity index is 1210. The van der Waals surface area contributed by atoms with E-state index in [9.17, 15) is 0 Å². The summed E-state index contributed by atoms with van der Waals surface area (Å²) in [6.07, 6.45) is 6.64. The first kappa shape index (κ1) is 16.5. The Morgan fingerprint density at radius 2 is 1.79 bits per heavy atom. The van der Waals surface area contributed by atoms with Crippen LogP contribution in [0.25, 0.3) is 28.1 Å². The summed E-state index contributed by atoms with van der Waals surface area (Å²) in [5.41, 5.74) is 4.00. The molecule has 0 bridgehead atoms. The van der Waals surface area contributed by atoms with Crippen molar-refractivity contribution in [3.05, 3.63) is 79.4 Å². The maximum atomic E-state index is 4.81. The zero-order chi connectivity index (χ0) is 18.8. The van der Waals surface area contributed by atoms with E-state index in [1.54, 1.807) is 0 Å². The molecule has 2 aromatic carbocycles. The molecule has 28 heavy (non-hydrogen) atoms. The van der Waals surface area contributed by atoms with Crippen molar-refractivity contribution in [2.75, 3.05) is 11.9 Å². The van der Waals surface area contributed by atoms with Gasteiger partial charge in [0, 0.05) is 37.1 Å².